The molecule has 0 bridgehead atoms. The summed E-state index contributed by atoms with van der Waals surface area (Å²) in [4.78, 5) is 10.3. The van der Waals surface area contributed by atoms with Crippen LogP contribution in [0, 0.1) is 0 Å². The lowest BCUT2D eigenvalue weighted by atomic mass is 10.2. The highest BCUT2D eigenvalue weighted by Gasteiger charge is 2.08. The van der Waals surface area contributed by atoms with Crippen LogP contribution in [-0.2, 0) is 4.74 Å². The van der Waals surface area contributed by atoms with E-state index in [1.807, 2.05) is 20.8 Å². The maximum atomic E-state index is 10.3. The van der Waals surface area contributed by atoms with E-state index in [-0.39, 0.29) is 10.8 Å². The number of hydrogen-bond acceptors (Lipinski definition) is 2. The maximum Gasteiger partial charge on any atom is 0.275 e. The van der Waals surface area contributed by atoms with Crippen LogP contribution in [-0.4, -0.2) is 24.0 Å². The first kappa shape index (κ1) is 11.8. The van der Waals surface area contributed by atoms with Crippen molar-refractivity contribution in [1.29, 1.82) is 0 Å². The molecule has 0 saturated heterocycles. The second kappa shape index (κ2) is 5.43. The third-order valence-corrected chi connectivity index (χ3v) is 1.29. The minimum Gasteiger partial charge on any atom is -0.376 e. The molecule has 0 aromatic heterocycles. The summed E-state index contributed by atoms with van der Waals surface area (Å²) in [5.41, 5.74) is -0.0923. The molecule has 0 fully saturated rings. The predicted octanol–water partition coefficient (Wildman–Crippen LogP) is 1.83. The molecule has 3 nitrogen and oxygen atoms in total. The lowest BCUT2D eigenvalue weighted by Gasteiger charge is -2.19. The summed E-state index contributed by atoms with van der Waals surface area (Å²) in [5.74, 6) is 0. The summed E-state index contributed by atoms with van der Waals surface area (Å²) in [6, 6.07) is 0. The molecule has 0 radical (unpaired) electrons. The molecule has 12 heavy (non-hydrogen) atoms. The quantitative estimate of drug-likeness (QED) is 0.525. The van der Waals surface area contributed by atoms with Crippen LogP contribution in [0.2, 0.25) is 0 Å². The van der Waals surface area contributed by atoms with Gasteiger partial charge in [-0.1, -0.05) is 12.6 Å². The van der Waals surface area contributed by atoms with E-state index in [0.717, 1.165) is 6.42 Å². The van der Waals surface area contributed by atoms with Crippen molar-refractivity contribution >= 4 is 17.9 Å². The zero-order valence-corrected chi connectivity index (χ0v) is 8.78. The fraction of sp³-hybridized carbons (Fsp3) is 0.875. The van der Waals surface area contributed by atoms with E-state index in [1.54, 1.807) is 0 Å². The Morgan fingerprint density at radius 3 is 2.50 bits per heavy atom. The normalized spacial score (nSPS) is 11.3. The van der Waals surface area contributed by atoms with Crippen LogP contribution in [0.5, 0.6) is 0 Å². The first-order valence-corrected chi connectivity index (χ1v) is 4.47. The van der Waals surface area contributed by atoms with Crippen molar-refractivity contribution in [2.45, 2.75) is 32.8 Å². The fourth-order valence-corrected chi connectivity index (χ4v) is 0.758. The molecule has 0 aliphatic heterocycles. The van der Waals surface area contributed by atoms with Crippen LogP contribution >= 0.6 is 12.6 Å². The van der Waals surface area contributed by atoms with Gasteiger partial charge in [0.25, 0.3) is 5.24 Å². The van der Waals surface area contributed by atoms with Crippen molar-refractivity contribution in [1.82, 2.24) is 5.32 Å². The molecular weight excluding hydrogens is 174 g/mol. The number of nitrogens with one attached hydrogen (secondary N) is 1. The Hall–Kier alpha value is -0.220. The SMILES string of the molecule is CC(C)(C)OCCCNC(=O)S. The zero-order valence-electron chi connectivity index (χ0n) is 7.89. The monoisotopic (exact) mass is 191 g/mol. The minimum atomic E-state index is -0.286. The molecular formula is C8H17NO2S. The van der Waals surface area contributed by atoms with E-state index < -0.39 is 0 Å². The summed E-state index contributed by atoms with van der Waals surface area (Å²) in [6.07, 6.45) is 0.823. The summed E-state index contributed by atoms with van der Waals surface area (Å²) < 4.78 is 5.43. The van der Waals surface area contributed by atoms with Crippen molar-refractivity contribution < 1.29 is 9.53 Å². The minimum absolute atomic E-state index is 0.0923. The van der Waals surface area contributed by atoms with Crippen LogP contribution < -0.4 is 5.32 Å². The molecule has 0 aromatic carbocycles. The van der Waals surface area contributed by atoms with Gasteiger partial charge < -0.3 is 10.1 Å². The van der Waals surface area contributed by atoms with Crippen LogP contribution in [0.3, 0.4) is 0 Å². The number of hydrogen-bond donors (Lipinski definition) is 2. The second-order valence-corrected chi connectivity index (χ2v) is 3.95. The average molecular weight is 191 g/mol. The van der Waals surface area contributed by atoms with Crippen LogP contribution in [0.15, 0.2) is 0 Å². The Labute approximate surface area is 79.3 Å². The van der Waals surface area contributed by atoms with Gasteiger partial charge in [-0.05, 0) is 27.2 Å². The van der Waals surface area contributed by atoms with Crippen LogP contribution in [0.4, 0.5) is 4.79 Å². The van der Waals surface area contributed by atoms with Gasteiger partial charge in [0.2, 0.25) is 0 Å². The van der Waals surface area contributed by atoms with Gasteiger partial charge in [0.1, 0.15) is 0 Å². The Bertz CT molecular complexity index is 142. The third-order valence-electron chi connectivity index (χ3n) is 1.13. The number of amides is 1. The zero-order chi connectivity index (χ0) is 9.61. The smallest absolute Gasteiger partial charge is 0.275 e. The molecule has 0 aromatic rings. The summed E-state index contributed by atoms with van der Waals surface area (Å²) in [7, 11) is 0. The van der Waals surface area contributed by atoms with E-state index in [0.29, 0.717) is 13.2 Å². The Morgan fingerprint density at radius 2 is 2.08 bits per heavy atom. The van der Waals surface area contributed by atoms with E-state index in [4.69, 9.17) is 4.74 Å². The number of ether oxygens (including phenoxy) is 1. The van der Waals surface area contributed by atoms with Crippen molar-refractivity contribution in [3.8, 4) is 0 Å². The molecule has 72 valence electrons. The van der Waals surface area contributed by atoms with Gasteiger partial charge in [-0.3, -0.25) is 4.79 Å². The maximum absolute atomic E-state index is 10.3. The van der Waals surface area contributed by atoms with Crippen molar-refractivity contribution in [2.24, 2.45) is 0 Å². The van der Waals surface area contributed by atoms with Crippen LogP contribution in [0.25, 0.3) is 0 Å². The Morgan fingerprint density at radius 1 is 1.50 bits per heavy atom. The van der Waals surface area contributed by atoms with Crippen molar-refractivity contribution in [3.63, 3.8) is 0 Å². The molecule has 0 saturated carbocycles. The van der Waals surface area contributed by atoms with E-state index in [2.05, 4.69) is 17.9 Å². The Balaban J connectivity index is 3.17. The molecule has 1 amide bonds. The largest absolute Gasteiger partial charge is 0.376 e. The van der Waals surface area contributed by atoms with E-state index in [9.17, 15) is 4.79 Å². The van der Waals surface area contributed by atoms with Crippen molar-refractivity contribution in [3.05, 3.63) is 0 Å². The molecule has 0 heterocycles. The van der Waals surface area contributed by atoms with Gasteiger partial charge >= 0.3 is 0 Å². The predicted molar refractivity (Wildman–Crippen MR) is 52.7 cm³/mol. The van der Waals surface area contributed by atoms with Gasteiger partial charge in [-0.15, -0.1) is 0 Å². The third kappa shape index (κ3) is 9.78. The molecule has 0 aliphatic carbocycles. The molecule has 4 heteroatoms. The van der Waals surface area contributed by atoms with Gasteiger partial charge in [0, 0.05) is 13.2 Å². The highest BCUT2D eigenvalue weighted by atomic mass is 32.1. The van der Waals surface area contributed by atoms with E-state index >= 15 is 0 Å². The lowest BCUT2D eigenvalue weighted by molar-refractivity contribution is -0.00348. The highest BCUT2D eigenvalue weighted by molar-refractivity contribution is 7.96. The second-order valence-electron chi connectivity index (χ2n) is 3.55. The highest BCUT2D eigenvalue weighted by Crippen LogP contribution is 2.06. The molecule has 0 unspecified atom stereocenters. The number of rotatable bonds is 4. The lowest BCUT2D eigenvalue weighted by Crippen LogP contribution is -2.23. The van der Waals surface area contributed by atoms with Gasteiger partial charge in [-0.25, -0.2) is 0 Å². The van der Waals surface area contributed by atoms with Crippen molar-refractivity contribution in [2.75, 3.05) is 13.2 Å². The fourth-order valence-electron chi connectivity index (χ4n) is 0.646. The molecule has 0 spiro atoms. The summed E-state index contributed by atoms with van der Waals surface area (Å²) in [6.45, 7) is 7.30. The number of thiol groups is 1. The Kier molecular flexibility index (Phi) is 5.33. The molecule has 0 rings (SSSR count). The first-order valence-electron chi connectivity index (χ1n) is 4.02. The standard InChI is InChI=1S/C8H17NO2S/c1-8(2,3)11-6-4-5-9-7(10)12/h4-6H2,1-3H3,(H2,9,10,12). The number of carbonyl (C=O) groups is 1. The molecule has 0 aliphatic rings. The summed E-state index contributed by atoms with van der Waals surface area (Å²) >= 11 is 3.57. The van der Waals surface area contributed by atoms with Crippen LogP contribution in [0.1, 0.15) is 27.2 Å². The molecule has 0 atom stereocenters. The topological polar surface area (TPSA) is 38.3 Å². The summed E-state index contributed by atoms with van der Waals surface area (Å²) in [5, 5.41) is 2.29. The van der Waals surface area contributed by atoms with Gasteiger partial charge in [-0.2, -0.15) is 0 Å². The molecule has 1 N–H and O–H groups in total. The van der Waals surface area contributed by atoms with Gasteiger partial charge in [0.05, 0.1) is 5.60 Å². The van der Waals surface area contributed by atoms with E-state index in [1.165, 1.54) is 0 Å². The first-order chi connectivity index (χ1) is 5.42. The number of carbonyl (C=O) groups excluding carboxylic acids is 1. The average Bonchev–Trinajstić information content (AvgIpc) is 1.83. The van der Waals surface area contributed by atoms with Gasteiger partial charge in [0.15, 0.2) is 0 Å².